The molecule has 0 unspecified atom stereocenters. The number of aromatic nitrogens is 2. The molecule has 1 aliphatic carbocycles. The highest BCUT2D eigenvalue weighted by Gasteiger charge is 2.12. The average Bonchev–Trinajstić information content (AvgIpc) is 2.69. The van der Waals surface area contributed by atoms with Crippen LogP contribution in [-0.2, 0) is 6.54 Å². The Kier molecular flexibility index (Phi) is 2.98. The normalized spacial score (nSPS) is 19.1. The largest absolute Gasteiger partial charge is 0.348 e. The van der Waals surface area contributed by atoms with Gasteiger partial charge in [0, 0.05) is 18.4 Å². The maximum Gasteiger partial charge on any atom is 0.120 e. The lowest BCUT2D eigenvalue weighted by Crippen LogP contribution is -2.30. The van der Waals surface area contributed by atoms with Crippen LogP contribution in [0.15, 0.2) is 12.4 Å². The summed E-state index contributed by atoms with van der Waals surface area (Å²) in [4.78, 5) is 7.29. The van der Waals surface area contributed by atoms with Gasteiger partial charge in [0.25, 0.3) is 0 Å². The van der Waals surface area contributed by atoms with Crippen LogP contribution < -0.4 is 5.32 Å². The van der Waals surface area contributed by atoms with E-state index in [1.54, 1.807) is 6.20 Å². The zero-order valence-corrected chi connectivity index (χ0v) is 7.92. The van der Waals surface area contributed by atoms with Gasteiger partial charge >= 0.3 is 0 Å². The van der Waals surface area contributed by atoms with Crippen LogP contribution in [-0.4, -0.2) is 16.0 Å². The van der Waals surface area contributed by atoms with Gasteiger partial charge < -0.3 is 10.3 Å². The van der Waals surface area contributed by atoms with Crippen molar-refractivity contribution in [3.63, 3.8) is 0 Å². The van der Waals surface area contributed by atoms with Gasteiger partial charge in [-0.25, -0.2) is 4.98 Å². The quantitative estimate of drug-likeness (QED) is 0.743. The van der Waals surface area contributed by atoms with E-state index in [0.717, 1.165) is 18.4 Å². The molecule has 13 heavy (non-hydrogen) atoms. The summed E-state index contributed by atoms with van der Waals surface area (Å²) >= 11 is 0. The molecule has 0 aliphatic heterocycles. The van der Waals surface area contributed by atoms with E-state index in [0.29, 0.717) is 0 Å². The SMILES string of the molecule is c1c[nH]c(CNC2CCCCC2)n1. The molecule has 1 heterocycles. The summed E-state index contributed by atoms with van der Waals surface area (Å²) in [5.41, 5.74) is 0. The highest BCUT2D eigenvalue weighted by molar-refractivity contribution is 4.87. The van der Waals surface area contributed by atoms with E-state index >= 15 is 0 Å². The summed E-state index contributed by atoms with van der Waals surface area (Å²) in [5.74, 6) is 1.05. The summed E-state index contributed by atoms with van der Waals surface area (Å²) in [6.07, 6.45) is 10.5. The maximum atomic E-state index is 4.18. The molecule has 1 fully saturated rings. The van der Waals surface area contributed by atoms with E-state index in [9.17, 15) is 0 Å². The molecule has 1 aliphatic rings. The molecule has 0 atom stereocenters. The predicted molar refractivity (Wildman–Crippen MR) is 52.3 cm³/mol. The molecule has 2 rings (SSSR count). The Bertz CT molecular complexity index is 224. The lowest BCUT2D eigenvalue weighted by molar-refractivity contribution is 0.369. The molecule has 0 radical (unpaired) electrons. The van der Waals surface area contributed by atoms with E-state index in [-0.39, 0.29) is 0 Å². The molecule has 0 bridgehead atoms. The minimum absolute atomic E-state index is 0.721. The molecule has 0 saturated heterocycles. The predicted octanol–water partition coefficient (Wildman–Crippen LogP) is 1.83. The zero-order chi connectivity index (χ0) is 8.93. The fraction of sp³-hybridized carbons (Fsp3) is 0.700. The first kappa shape index (κ1) is 8.75. The number of hydrogen-bond donors (Lipinski definition) is 2. The molecule has 0 aromatic carbocycles. The van der Waals surface area contributed by atoms with Gasteiger partial charge in [-0.3, -0.25) is 0 Å². The van der Waals surface area contributed by atoms with Crippen molar-refractivity contribution in [3.8, 4) is 0 Å². The molecule has 1 aromatic rings. The van der Waals surface area contributed by atoms with Crippen molar-refractivity contribution in [3.05, 3.63) is 18.2 Å². The standard InChI is InChI=1S/C10H17N3/c1-2-4-9(5-3-1)13-8-10-11-6-7-12-10/h6-7,9,13H,1-5,8H2,(H,11,12). The summed E-state index contributed by atoms with van der Waals surface area (Å²) in [7, 11) is 0. The van der Waals surface area contributed by atoms with Crippen molar-refractivity contribution in [2.24, 2.45) is 0 Å². The minimum atomic E-state index is 0.721. The van der Waals surface area contributed by atoms with Crippen LogP contribution in [0.2, 0.25) is 0 Å². The molecule has 0 spiro atoms. The number of H-pyrrole nitrogens is 1. The topological polar surface area (TPSA) is 40.7 Å². The highest BCUT2D eigenvalue weighted by atomic mass is 15.0. The fourth-order valence-electron chi connectivity index (χ4n) is 1.94. The molecule has 0 amide bonds. The fourth-order valence-corrected chi connectivity index (χ4v) is 1.94. The lowest BCUT2D eigenvalue weighted by Gasteiger charge is -2.22. The Morgan fingerprint density at radius 1 is 1.38 bits per heavy atom. The van der Waals surface area contributed by atoms with Gasteiger partial charge in [0.1, 0.15) is 5.82 Å². The number of aromatic amines is 1. The first-order chi connectivity index (χ1) is 6.45. The van der Waals surface area contributed by atoms with Crippen LogP contribution in [0.5, 0.6) is 0 Å². The van der Waals surface area contributed by atoms with Crippen molar-refractivity contribution in [2.45, 2.75) is 44.7 Å². The van der Waals surface area contributed by atoms with Crippen LogP contribution in [0.1, 0.15) is 37.9 Å². The van der Waals surface area contributed by atoms with E-state index in [1.807, 2.05) is 6.20 Å². The number of nitrogens with zero attached hydrogens (tertiary/aromatic N) is 1. The van der Waals surface area contributed by atoms with Gasteiger partial charge in [-0.05, 0) is 12.8 Å². The third-order valence-corrected chi connectivity index (χ3v) is 2.72. The molecule has 72 valence electrons. The number of nitrogens with one attached hydrogen (secondary N) is 2. The molecule has 1 aromatic heterocycles. The first-order valence-corrected chi connectivity index (χ1v) is 5.17. The van der Waals surface area contributed by atoms with Crippen molar-refractivity contribution in [1.29, 1.82) is 0 Å². The van der Waals surface area contributed by atoms with Gasteiger partial charge in [-0.15, -0.1) is 0 Å². The second-order valence-electron chi connectivity index (χ2n) is 3.75. The summed E-state index contributed by atoms with van der Waals surface area (Å²) in [5, 5.41) is 3.53. The van der Waals surface area contributed by atoms with E-state index in [4.69, 9.17) is 0 Å². The van der Waals surface area contributed by atoms with Gasteiger partial charge in [-0.1, -0.05) is 19.3 Å². The van der Waals surface area contributed by atoms with Crippen molar-refractivity contribution in [1.82, 2.24) is 15.3 Å². The lowest BCUT2D eigenvalue weighted by atomic mass is 9.95. The van der Waals surface area contributed by atoms with Crippen LogP contribution in [0.3, 0.4) is 0 Å². The van der Waals surface area contributed by atoms with Crippen LogP contribution >= 0.6 is 0 Å². The van der Waals surface area contributed by atoms with E-state index in [2.05, 4.69) is 15.3 Å². The van der Waals surface area contributed by atoms with Crippen molar-refractivity contribution in [2.75, 3.05) is 0 Å². The third-order valence-electron chi connectivity index (χ3n) is 2.72. The Morgan fingerprint density at radius 3 is 2.92 bits per heavy atom. The Morgan fingerprint density at radius 2 is 2.23 bits per heavy atom. The third kappa shape index (κ3) is 2.56. The zero-order valence-electron chi connectivity index (χ0n) is 7.92. The molecule has 3 nitrogen and oxygen atoms in total. The average molecular weight is 179 g/mol. The minimum Gasteiger partial charge on any atom is -0.348 e. The van der Waals surface area contributed by atoms with E-state index in [1.165, 1.54) is 32.1 Å². The van der Waals surface area contributed by atoms with Crippen molar-refractivity contribution >= 4 is 0 Å². The first-order valence-electron chi connectivity index (χ1n) is 5.17. The van der Waals surface area contributed by atoms with Crippen molar-refractivity contribution < 1.29 is 0 Å². The second kappa shape index (κ2) is 4.42. The molecule has 2 N–H and O–H groups in total. The Labute approximate surface area is 79.0 Å². The van der Waals surface area contributed by atoms with Gasteiger partial charge in [-0.2, -0.15) is 0 Å². The van der Waals surface area contributed by atoms with Crippen LogP contribution in [0.25, 0.3) is 0 Å². The highest BCUT2D eigenvalue weighted by Crippen LogP contribution is 2.17. The van der Waals surface area contributed by atoms with E-state index < -0.39 is 0 Å². The molecule has 3 heteroatoms. The number of imidazole rings is 1. The second-order valence-corrected chi connectivity index (χ2v) is 3.75. The number of hydrogen-bond acceptors (Lipinski definition) is 2. The monoisotopic (exact) mass is 179 g/mol. The van der Waals surface area contributed by atoms with Gasteiger partial charge in [0.15, 0.2) is 0 Å². The summed E-state index contributed by atoms with van der Waals surface area (Å²) in [6.45, 7) is 0.887. The Balaban J connectivity index is 1.72. The van der Waals surface area contributed by atoms with Gasteiger partial charge in [0.05, 0.1) is 6.54 Å². The summed E-state index contributed by atoms with van der Waals surface area (Å²) in [6, 6.07) is 0.721. The Hall–Kier alpha value is -0.830. The molecular weight excluding hydrogens is 162 g/mol. The van der Waals surface area contributed by atoms with Gasteiger partial charge in [0.2, 0.25) is 0 Å². The van der Waals surface area contributed by atoms with Crippen LogP contribution in [0.4, 0.5) is 0 Å². The summed E-state index contributed by atoms with van der Waals surface area (Å²) < 4.78 is 0. The molecular formula is C10H17N3. The van der Waals surface area contributed by atoms with Crippen LogP contribution in [0, 0.1) is 0 Å². The molecule has 1 saturated carbocycles. The maximum absolute atomic E-state index is 4.18. The smallest absolute Gasteiger partial charge is 0.120 e. The number of rotatable bonds is 3.